The van der Waals surface area contributed by atoms with Gasteiger partial charge in [0.1, 0.15) is 0 Å². The smallest absolute Gasteiger partial charge is 0.269 e. The molecule has 0 bridgehead atoms. The summed E-state index contributed by atoms with van der Waals surface area (Å²) in [6, 6.07) is 0. The van der Waals surface area contributed by atoms with Crippen molar-refractivity contribution in [2.75, 3.05) is 0 Å². The Labute approximate surface area is 124 Å². The molecule has 0 aliphatic carbocycles. The molecule has 0 rings (SSSR count). The number of hydrogen-bond acceptors (Lipinski definition) is 4. The summed E-state index contributed by atoms with van der Waals surface area (Å²) in [5.74, 6) is -0.355. The fourth-order valence-electron chi connectivity index (χ4n) is 1.90. The van der Waals surface area contributed by atoms with Gasteiger partial charge in [0.15, 0.2) is 0 Å². The predicted octanol–water partition coefficient (Wildman–Crippen LogP) is 4.97. The fourth-order valence-corrected chi connectivity index (χ4v) is 1.90. The molecule has 1 unspecified atom stereocenters. The summed E-state index contributed by atoms with van der Waals surface area (Å²) in [6.45, 7) is 10.8. The average Bonchev–Trinajstić information content (AvgIpc) is 2.36. The third-order valence-electron chi connectivity index (χ3n) is 3.18. The topological polar surface area (TPSA) is 44.8 Å². The van der Waals surface area contributed by atoms with Crippen LogP contribution in [-0.2, 0) is 19.6 Å². The van der Waals surface area contributed by atoms with Gasteiger partial charge in [-0.15, -0.1) is 0 Å². The van der Waals surface area contributed by atoms with Crippen molar-refractivity contribution in [1.29, 1.82) is 0 Å². The van der Waals surface area contributed by atoms with Gasteiger partial charge >= 0.3 is 5.97 Å². The molecule has 0 aromatic carbocycles. The zero-order chi connectivity index (χ0) is 15.4. The van der Waals surface area contributed by atoms with Crippen LogP contribution in [0.5, 0.6) is 0 Å². The Morgan fingerprint density at radius 3 is 2.35 bits per heavy atom. The van der Waals surface area contributed by atoms with E-state index >= 15 is 0 Å². The molecule has 1 atom stereocenters. The Morgan fingerprint density at radius 1 is 1.10 bits per heavy atom. The van der Waals surface area contributed by atoms with Crippen LogP contribution in [0.25, 0.3) is 0 Å². The SMILES string of the molecule is CCCC(CC)OOOC(=O)CCCCCC(C)(C)C. The molecule has 0 saturated heterocycles. The molecule has 4 nitrogen and oxygen atoms in total. The van der Waals surface area contributed by atoms with Gasteiger partial charge in [-0.25, -0.2) is 4.79 Å². The van der Waals surface area contributed by atoms with Crippen molar-refractivity contribution in [3.05, 3.63) is 0 Å². The number of rotatable bonds is 11. The van der Waals surface area contributed by atoms with Gasteiger partial charge in [0.05, 0.1) is 6.10 Å². The van der Waals surface area contributed by atoms with E-state index < -0.39 is 0 Å². The van der Waals surface area contributed by atoms with Crippen molar-refractivity contribution < 1.29 is 19.6 Å². The molecule has 0 aromatic rings. The van der Waals surface area contributed by atoms with Crippen molar-refractivity contribution >= 4 is 5.97 Å². The summed E-state index contributed by atoms with van der Waals surface area (Å²) in [6.07, 6.45) is 7.35. The van der Waals surface area contributed by atoms with E-state index in [4.69, 9.17) is 4.89 Å². The first kappa shape index (κ1) is 19.4. The molecule has 0 aliphatic rings. The minimum absolute atomic E-state index is 0.000384. The van der Waals surface area contributed by atoms with Crippen LogP contribution < -0.4 is 0 Å². The van der Waals surface area contributed by atoms with Gasteiger partial charge in [0.2, 0.25) is 0 Å². The van der Waals surface area contributed by atoms with Gasteiger partial charge in [-0.1, -0.05) is 53.9 Å². The minimum Gasteiger partial charge on any atom is -0.269 e. The second kappa shape index (κ2) is 11.1. The van der Waals surface area contributed by atoms with Crippen LogP contribution >= 0.6 is 0 Å². The molecule has 0 amide bonds. The molecular weight excluding hydrogens is 256 g/mol. The van der Waals surface area contributed by atoms with Crippen LogP contribution in [0.3, 0.4) is 0 Å². The van der Waals surface area contributed by atoms with Crippen molar-refractivity contribution in [2.45, 2.75) is 92.1 Å². The number of carbonyl (C=O) groups is 1. The third kappa shape index (κ3) is 12.4. The molecule has 0 aliphatic heterocycles. The first-order valence-electron chi connectivity index (χ1n) is 7.92. The Bertz CT molecular complexity index is 245. The monoisotopic (exact) mass is 288 g/mol. The van der Waals surface area contributed by atoms with Crippen LogP contribution in [0.4, 0.5) is 0 Å². The summed E-state index contributed by atoms with van der Waals surface area (Å²) >= 11 is 0. The zero-order valence-corrected chi connectivity index (χ0v) is 13.9. The standard InChI is InChI=1S/C16H32O4/c1-6-11-14(7-2)18-20-19-15(17)12-9-8-10-13-16(3,4)5/h14H,6-13H2,1-5H3. The van der Waals surface area contributed by atoms with Crippen LogP contribution in [0.1, 0.15) is 86.0 Å². The van der Waals surface area contributed by atoms with Crippen LogP contribution in [-0.4, -0.2) is 12.1 Å². The molecule has 0 radical (unpaired) electrons. The highest BCUT2D eigenvalue weighted by Gasteiger charge is 2.11. The van der Waals surface area contributed by atoms with E-state index in [0.717, 1.165) is 38.5 Å². The van der Waals surface area contributed by atoms with Gasteiger partial charge in [0.25, 0.3) is 0 Å². The molecule has 4 heteroatoms. The normalized spacial score (nSPS) is 13.2. The number of carbonyl (C=O) groups excluding carboxylic acids is 1. The molecule has 0 fully saturated rings. The van der Waals surface area contributed by atoms with Crippen LogP contribution in [0.15, 0.2) is 0 Å². The summed E-state index contributed by atoms with van der Waals surface area (Å²) in [4.78, 5) is 21.0. The molecule has 0 heterocycles. The first-order valence-corrected chi connectivity index (χ1v) is 7.92. The summed E-state index contributed by atoms with van der Waals surface area (Å²) in [5.41, 5.74) is 0.367. The summed E-state index contributed by atoms with van der Waals surface area (Å²) in [5, 5.41) is 4.56. The summed E-state index contributed by atoms with van der Waals surface area (Å²) in [7, 11) is 0. The lowest BCUT2D eigenvalue weighted by atomic mass is 9.89. The first-order chi connectivity index (χ1) is 9.39. The summed E-state index contributed by atoms with van der Waals surface area (Å²) < 4.78 is 0. The molecule has 0 saturated carbocycles. The quantitative estimate of drug-likeness (QED) is 0.306. The Balaban J connectivity index is 3.50. The fraction of sp³-hybridized carbons (Fsp3) is 0.938. The van der Waals surface area contributed by atoms with E-state index in [1.54, 1.807) is 0 Å². The largest absolute Gasteiger partial charge is 0.345 e. The Morgan fingerprint density at radius 2 is 1.80 bits per heavy atom. The zero-order valence-electron chi connectivity index (χ0n) is 13.9. The second-order valence-electron chi connectivity index (χ2n) is 6.56. The predicted molar refractivity (Wildman–Crippen MR) is 79.8 cm³/mol. The van der Waals surface area contributed by atoms with E-state index in [1.165, 1.54) is 6.42 Å². The van der Waals surface area contributed by atoms with Gasteiger partial charge in [-0.05, 0) is 36.1 Å². The lowest BCUT2D eigenvalue weighted by molar-refractivity contribution is -0.502. The van der Waals surface area contributed by atoms with Gasteiger partial charge in [-0.2, -0.15) is 4.89 Å². The van der Waals surface area contributed by atoms with Crippen LogP contribution in [0.2, 0.25) is 0 Å². The highest BCUT2D eigenvalue weighted by atomic mass is 17.5. The highest BCUT2D eigenvalue weighted by Crippen LogP contribution is 2.22. The van der Waals surface area contributed by atoms with E-state index in [1.807, 2.05) is 6.92 Å². The van der Waals surface area contributed by atoms with Crippen molar-refractivity contribution in [2.24, 2.45) is 5.41 Å². The molecule has 20 heavy (non-hydrogen) atoms. The Hall–Kier alpha value is -0.610. The van der Waals surface area contributed by atoms with E-state index in [0.29, 0.717) is 11.8 Å². The van der Waals surface area contributed by atoms with Gasteiger partial charge in [-0.3, -0.25) is 4.89 Å². The highest BCUT2D eigenvalue weighted by molar-refractivity contribution is 5.68. The Kier molecular flexibility index (Phi) is 10.8. The maximum absolute atomic E-state index is 11.4. The minimum atomic E-state index is -0.355. The average molecular weight is 288 g/mol. The molecular formula is C16H32O4. The maximum Gasteiger partial charge on any atom is 0.345 e. The van der Waals surface area contributed by atoms with Crippen molar-refractivity contribution in [3.8, 4) is 0 Å². The molecule has 0 aromatic heterocycles. The van der Waals surface area contributed by atoms with Crippen LogP contribution in [0, 0.1) is 5.41 Å². The van der Waals surface area contributed by atoms with E-state index in [9.17, 15) is 4.79 Å². The third-order valence-corrected chi connectivity index (χ3v) is 3.18. The molecule has 120 valence electrons. The lowest BCUT2D eigenvalue weighted by Gasteiger charge is -2.17. The van der Waals surface area contributed by atoms with Gasteiger partial charge < -0.3 is 0 Å². The van der Waals surface area contributed by atoms with Crippen molar-refractivity contribution in [1.82, 2.24) is 0 Å². The number of unbranched alkanes of at least 4 members (excludes halogenated alkanes) is 2. The van der Waals surface area contributed by atoms with Crippen molar-refractivity contribution in [3.63, 3.8) is 0 Å². The second-order valence-corrected chi connectivity index (χ2v) is 6.56. The molecule has 0 N–H and O–H groups in total. The maximum atomic E-state index is 11.4. The lowest BCUT2D eigenvalue weighted by Crippen LogP contribution is -2.14. The van der Waals surface area contributed by atoms with E-state index in [2.05, 4.69) is 37.6 Å². The van der Waals surface area contributed by atoms with Gasteiger partial charge in [0, 0.05) is 6.42 Å². The molecule has 0 spiro atoms. The number of hydrogen-bond donors (Lipinski definition) is 0. The van der Waals surface area contributed by atoms with E-state index in [-0.39, 0.29) is 12.1 Å².